The van der Waals surface area contributed by atoms with Crippen LogP contribution in [0, 0.1) is 5.82 Å². The molecule has 1 aromatic rings. The summed E-state index contributed by atoms with van der Waals surface area (Å²) >= 11 is 0. The molecule has 0 saturated carbocycles. The molecular formula is C9H7F6N. The highest BCUT2D eigenvalue weighted by atomic mass is 19.4. The number of benzene rings is 1. The van der Waals surface area contributed by atoms with Crippen molar-refractivity contribution < 1.29 is 26.3 Å². The van der Waals surface area contributed by atoms with Crippen LogP contribution in [0.4, 0.5) is 26.3 Å². The Morgan fingerprint density at radius 1 is 1.06 bits per heavy atom. The fourth-order valence-electron chi connectivity index (χ4n) is 1.09. The molecule has 0 aromatic heterocycles. The predicted molar refractivity (Wildman–Crippen MR) is 44.4 cm³/mol. The second-order valence-electron chi connectivity index (χ2n) is 3.10. The van der Waals surface area contributed by atoms with Crippen molar-refractivity contribution in [1.29, 1.82) is 0 Å². The summed E-state index contributed by atoms with van der Waals surface area (Å²) in [6, 6.07) is 0.815. The van der Waals surface area contributed by atoms with Crippen LogP contribution in [-0.2, 0) is 12.1 Å². The lowest BCUT2D eigenvalue weighted by Gasteiger charge is -2.16. The largest absolute Gasteiger partial charge is 0.416 e. The van der Waals surface area contributed by atoms with Crippen LogP contribution in [0.3, 0.4) is 0 Å². The van der Waals surface area contributed by atoms with E-state index >= 15 is 0 Å². The summed E-state index contributed by atoms with van der Waals surface area (Å²) in [7, 11) is 0. The van der Waals surface area contributed by atoms with Gasteiger partial charge < -0.3 is 5.73 Å². The van der Waals surface area contributed by atoms with Crippen LogP contribution in [0.2, 0.25) is 0 Å². The van der Waals surface area contributed by atoms with Gasteiger partial charge in [-0.25, -0.2) is 4.39 Å². The topological polar surface area (TPSA) is 26.0 Å². The number of nitrogens with two attached hydrogens (primary N) is 1. The first-order valence-corrected chi connectivity index (χ1v) is 4.13. The number of hydrogen-bond donors (Lipinski definition) is 1. The zero-order valence-corrected chi connectivity index (χ0v) is 7.78. The van der Waals surface area contributed by atoms with Crippen LogP contribution in [0.1, 0.15) is 11.1 Å². The molecule has 7 heteroatoms. The zero-order chi connectivity index (χ0) is 12.6. The van der Waals surface area contributed by atoms with Crippen LogP contribution in [-0.4, -0.2) is 6.54 Å². The summed E-state index contributed by atoms with van der Waals surface area (Å²) in [6.07, 6.45) is -4.80. The fraction of sp³-hybridized carbons (Fsp3) is 0.333. The van der Waals surface area contributed by atoms with Gasteiger partial charge in [0.15, 0.2) is 0 Å². The molecule has 0 radical (unpaired) electrons. The van der Waals surface area contributed by atoms with E-state index in [4.69, 9.17) is 0 Å². The molecule has 90 valence electrons. The molecule has 0 aliphatic rings. The first-order chi connectivity index (χ1) is 7.18. The third-order valence-corrected chi connectivity index (χ3v) is 1.94. The molecule has 0 spiro atoms. The van der Waals surface area contributed by atoms with Gasteiger partial charge in [-0.1, -0.05) is 0 Å². The van der Waals surface area contributed by atoms with Gasteiger partial charge in [-0.2, -0.15) is 22.0 Å². The van der Waals surface area contributed by atoms with Crippen molar-refractivity contribution in [1.82, 2.24) is 0 Å². The zero-order valence-electron chi connectivity index (χ0n) is 7.78. The number of alkyl halides is 5. The molecule has 1 aromatic carbocycles. The first kappa shape index (κ1) is 12.8. The summed E-state index contributed by atoms with van der Waals surface area (Å²) in [4.78, 5) is 0. The summed E-state index contributed by atoms with van der Waals surface area (Å²) in [6.45, 7) is -1.26. The van der Waals surface area contributed by atoms with Crippen molar-refractivity contribution in [2.24, 2.45) is 5.73 Å². The summed E-state index contributed by atoms with van der Waals surface area (Å²) < 4.78 is 75.5. The number of rotatable bonds is 2. The molecule has 0 bridgehead atoms. The van der Waals surface area contributed by atoms with Crippen molar-refractivity contribution in [2.75, 3.05) is 6.54 Å². The molecule has 0 aliphatic heterocycles. The molecule has 1 nitrogen and oxygen atoms in total. The Bertz CT molecular complexity index is 384. The van der Waals surface area contributed by atoms with Crippen LogP contribution >= 0.6 is 0 Å². The molecule has 16 heavy (non-hydrogen) atoms. The molecule has 1 rings (SSSR count). The minimum absolute atomic E-state index is 0.0716. The van der Waals surface area contributed by atoms with Crippen molar-refractivity contribution in [3.05, 3.63) is 35.1 Å². The summed E-state index contributed by atoms with van der Waals surface area (Å²) in [5.74, 6) is -5.23. The van der Waals surface area contributed by atoms with Crippen molar-refractivity contribution in [3.63, 3.8) is 0 Å². The molecule has 0 aliphatic carbocycles. The van der Waals surface area contributed by atoms with Crippen LogP contribution < -0.4 is 5.73 Å². The van der Waals surface area contributed by atoms with Crippen molar-refractivity contribution >= 4 is 0 Å². The van der Waals surface area contributed by atoms with E-state index in [0.717, 1.165) is 0 Å². The molecular weight excluding hydrogens is 236 g/mol. The predicted octanol–water partition coefficient (Wildman–Crippen LogP) is 2.90. The van der Waals surface area contributed by atoms with Crippen molar-refractivity contribution in [2.45, 2.75) is 12.1 Å². The maximum absolute atomic E-state index is 13.0. The van der Waals surface area contributed by atoms with Gasteiger partial charge in [0.2, 0.25) is 0 Å². The van der Waals surface area contributed by atoms with E-state index in [9.17, 15) is 26.3 Å². The molecule has 2 N–H and O–H groups in total. The van der Waals surface area contributed by atoms with E-state index in [0.29, 0.717) is 12.1 Å². The SMILES string of the molecule is NCC(F)(F)c1cc(C(F)(F)F)ccc1F. The van der Waals surface area contributed by atoms with Gasteiger partial charge in [-0.3, -0.25) is 0 Å². The van der Waals surface area contributed by atoms with Crippen LogP contribution in [0.15, 0.2) is 18.2 Å². The first-order valence-electron chi connectivity index (χ1n) is 4.13. The lowest BCUT2D eigenvalue weighted by molar-refractivity contribution is -0.137. The van der Waals surface area contributed by atoms with E-state index in [-0.39, 0.29) is 6.07 Å². The van der Waals surface area contributed by atoms with E-state index in [2.05, 4.69) is 5.73 Å². The average molecular weight is 243 g/mol. The minimum Gasteiger partial charge on any atom is -0.325 e. The lowest BCUT2D eigenvalue weighted by atomic mass is 10.0. The molecule has 0 heterocycles. The Kier molecular flexibility index (Phi) is 3.18. The second-order valence-corrected chi connectivity index (χ2v) is 3.10. The second kappa shape index (κ2) is 3.97. The maximum atomic E-state index is 13.0. The molecule has 0 amide bonds. The monoisotopic (exact) mass is 243 g/mol. The molecule has 0 saturated heterocycles. The fourth-order valence-corrected chi connectivity index (χ4v) is 1.09. The Balaban J connectivity index is 3.30. The highest BCUT2D eigenvalue weighted by Crippen LogP contribution is 2.35. The molecule has 0 unspecified atom stereocenters. The highest BCUT2D eigenvalue weighted by molar-refractivity contribution is 5.30. The van der Waals surface area contributed by atoms with Crippen molar-refractivity contribution in [3.8, 4) is 0 Å². The van der Waals surface area contributed by atoms with E-state index in [1.165, 1.54) is 0 Å². The van der Waals surface area contributed by atoms with E-state index < -0.39 is 35.6 Å². The molecule has 0 fully saturated rings. The van der Waals surface area contributed by atoms with Crippen LogP contribution in [0.5, 0.6) is 0 Å². The Morgan fingerprint density at radius 2 is 1.62 bits per heavy atom. The van der Waals surface area contributed by atoms with Crippen LogP contribution in [0.25, 0.3) is 0 Å². The van der Waals surface area contributed by atoms with E-state index in [1.807, 2.05) is 0 Å². The third kappa shape index (κ3) is 2.46. The Labute approximate surface area is 86.9 Å². The van der Waals surface area contributed by atoms with Gasteiger partial charge in [0, 0.05) is 0 Å². The Morgan fingerprint density at radius 3 is 2.06 bits per heavy atom. The number of hydrogen-bond acceptors (Lipinski definition) is 1. The summed E-state index contributed by atoms with van der Waals surface area (Å²) in [5.41, 5.74) is 1.99. The maximum Gasteiger partial charge on any atom is 0.416 e. The van der Waals surface area contributed by atoms with E-state index in [1.54, 1.807) is 0 Å². The number of halogens is 6. The smallest absolute Gasteiger partial charge is 0.325 e. The normalized spacial score (nSPS) is 12.9. The van der Waals surface area contributed by atoms with Gasteiger partial charge in [-0.05, 0) is 18.2 Å². The quantitative estimate of drug-likeness (QED) is 0.794. The highest BCUT2D eigenvalue weighted by Gasteiger charge is 2.37. The third-order valence-electron chi connectivity index (χ3n) is 1.94. The molecule has 0 atom stereocenters. The van der Waals surface area contributed by atoms with Gasteiger partial charge in [0.25, 0.3) is 5.92 Å². The Hall–Kier alpha value is -1.24. The summed E-state index contributed by atoms with van der Waals surface area (Å²) in [5, 5.41) is 0. The average Bonchev–Trinajstić information content (AvgIpc) is 2.16. The minimum atomic E-state index is -4.80. The van der Waals surface area contributed by atoms with Gasteiger partial charge in [0.1, 0.15) is 5.82 Å². The standard InChI is InChI=1S/C9H7F6N/c10-7-2-1-5(9(13,14)15)3-6(7)8(11,12)4-16/h1-3H,4,16H2. The van der Waals surface area contributed by atoms with Gasteiger partial charge in [-0.15, -0.1) is 0 Å². The van der Waals surface area contributed by atoms with Gasteiger partial charge >= 0.3 is 6.18 Å². The van der Waals surface area contributed by atoms with Gasteiger partial charge in [0.05, 0.1) is 17.7 Å². The lowest BCUT2D eigenvalue weighted by Crippen LogP contribution is -2.27.